The summed E-state index contributed by atoms with van der Waals surface area (Å²) in [6, 6.07) is 7.75. The topological polar surface area (TPSA) is 48.0 Å². The largest absolute Gasteiger partial charge is 0.484 e. The number of ether oxygens (including phenoxy) is 3. The zero-order valence-corrected chi connectivity index (χ0v) is 14.6. The van der Waals surface area contributed by atoms with E-state index in [1.807, 2.05) is 36.1 Å². The fourth-order valence-electron chi connectivity index (χ4n) is 3.66. The molecule has 2 aliphatic rings. The van der Waals surface area contributed by atoms with Crippen LogP contribution in [0.4, 0.5) is 0 Å². The van der Waals surface area contributed by atoms with E-state index in [1.54, 1.807) is 7.11 Å². The first-order valence-electron chi connectivity index (χ1n) is 8.71. The number of rotatable bonds is 6. The summed E-state index contributed by atoms with van der Waals surface area (Å²) >= 11 is 0. The highest BCUT2D eigenvalue weighted by Gasteiger charge is 2.49. The van der Waals surface area contributed by atoms with E-state index in [0.29, 0.717) is 19.0 Å². The lowest BCUT2D eigenvalue weighted by Crippen LogP contribution is -2.67. The number of carbonyl (C=O) groups is 1. The van der Waals surface area contributed by atoms with Crippen LogP contribution in [0.2, 0.25) is 0 Å². The Balaban J connectivity index is 1.45. The standard InChI is InChI=1S/C19H27NO4/c1-15-5-3-4-6-17(15)23-12-18(21)20-13-19(14-20)11-16(7-9-22-2)8-10-24-19/h3-6,16H,7-14H2,1-2H3. The van der Waals surface area contributed by atoms with Gasteiger partial charge in [0, 0.05) is 20.3 Å². The second-order valence-electron chi connectivity index (χ2n) is 6.98. The number of carbonyl (C=O) groups excluding carboxylic acids is 1. The average molecular weight is 333 g/mol. The van der Waals surface area contributed by atoms with Gasteiger partial charge in [-0.15, -0.1) is 0 Å². The van der Waals surface area contributed by atoms with Gasteiger partial charge in [0.05, 0.1) is 13.1 Å². The second-order valence-corrected chi connectivity index (χ2v) is 6.98. The third-order valence-electron chi connectivity index (χ3n) is 5.08. The smallest absolute Gasteiger partial charge is 0.260 e. The van der Waals surface area contributed by atoms with Crippen molar-refractivity contribution in [1.82, 2.24) is 4.90 Å². The molecule has 1 spiro atoms. The molecule has 0 aliphatic carbocycles. The first kappa shape index (κ1) is 17.2. The van der Waals surface area contributed by atoms with Crippen LogP contribution in [0.25, 0.3) is 0 Å². The van der Waals surface area contributed by atoms with Crippen LogP contribution < -0.4 is 4.74 Å². The number of para-hydroxylation sites is 1. The van der Waals surface area contributed by atoms with Gasteiger partial charge in [-0.2, -0.15) is 0 Å². The third kappa shape index (κ3) is 3.90. The maximum Gasteiger partial charge on any atom is 0.260 e. The Morgan fingerprint density at radius 1 is 1.38 bits per heavy atom. The highest BCUT2D eigenvalue weighted by Crippen LogP contribution is 2.38. The van der Waals surface area contributed by atoms with E-state index in [1.165, 1.54) is 0 Å². The average Bonchev–Trinajstić information content (AvgIpc) is 2.57. The zero-order chi connectivity index (χ0) is 17.0. The molecule has 24 heavy (non-hydrogen) atoms. The van der Waals surface area contributed by atoms with Crippen LogP contribution in [0.5, 0.6) is 5.75 Å². The second kappa shape index (κ2) is 7.53. The molecule has 2 saturated heterocycles. The molecule has 3 rings (SSSR count). The quantitative estimate of drug-likeness (QED) is 0.802. The predicted octanol–water partition coefficient (Wildman–Crippen LogP) is 2.42. The predicted molar refractivity (Wildman–Crippen MR) is 91.2 cm³/mol. The molecule has 0 aromatic heterocycles. The maximum absolute atomic E-state index is 12.3. The molecule has 1 aromatic carbocycles. The number of hydrogen-bond acceptors (Lipinski definition) is 4. The summed E-state index contributed by atoms with van der Waals surface area (Å²) in [5.41, 5.74) is 0.914. The van der Waals surface area contributed by atoms with Crippen LogP contribution in [-0.4, -0.2) is 56.4 Å². The first-order valence-corrected chi connectivity index (χ1v) is 8.71. The Labute approximate surface area is 143 Å². The van der Waals surface area contributed by atoms with Gasteiger partial charge in [-0.3, -0.25) is 4.79 Å². The third-order valence-corrected chi connectivity index (χ3v) is 5.08. The van der Waals surface area contributed by atoms with Crippen molar-refractivity contribution in [3.05, 3.63) is 29.8 Å². The van der Waals surface area contributed by atoms with Crippen molar-refractivity contribution in [2.75, 3.05) is 40.0 Å². The van der Waals surface area contributed by atoms with Crippen LogP contribution in [0.15, 0.2) is 24.3 Å². The Morgan fingerprint density at radius 2 is 2.17 bits per heavy atom. The number of amides is 1. The van der Waals surface area contributed by atoms with Crippen molar-refractivity contribution in [1.29, 1.82) is 0 Å². The number of nitrogens with zero attached hydrogens (tertiary/aromatic N) is 1. The lowest BCUT2D eigenvalue weighted by molar-refractivity contribution is -0.190. The number of hydrogen-bond donors (Lipinski definition) is 0. The van der Waals surface area contributed by atoms with E-state index >= 15 is 0 Å². The first-order chi connectivity index (χ1) is 11.6. The molecule has 2 heterocycles. The minimum Gasteiger partial charge on any atom is -0.484 e. The van der Waals surface area contributed by atoms with Gasteiger partial charge in [-0.05, 0) is 43.7 Å². The molecule has 2 aliphatic heterocycles. The molecule has 0 saturated carbocycles. The van der Waals surface area contributed by atoms with Crippen molar-refractivity contribution in [3.63, 3.8) is 0 Å². The summed E-state index contributed by atoms with van der Waals surface area (Å²) < 4.78 is 16.8. The Hall–Kier alpha value is -1.59. The molecule has 2 fully saturated rings. The van der Waals surface area contributed by atoms with Crippen LogP contribution in [0.3, 0.4) is 0 Å². The minimum atomic E-state index is -0.130. The number of methoxy groups -OCH3 is 1. The molecule has 5 heteroatoms. The molecule has 1 aromatic rings. The summed E-state index contributed by atoms with van der Waals surface area (Å²) in [5, 5.41) is 0. The van der Waals surface area contributed by atoms with E-state index in [9.17, 15) is 4.79 Å². The number of likely N-dealkylation sites (tertiary alicyclic amines) is 1. The fourth-order valence-corrected chi connectivity index (χ4v) is 3.66. The van der Waals surface area contributed by atoms with Crippen molar-refractivity contribution in [2.24, 2.45) is 5.92 Å². The summed E-state index contributed by atoms with van der Waals surface area (Å²) in [7, 11) is 1.74. The Kier molecular flexibility index (Phi) is 5.41. The molecule has 5 nitrogen and oxygen atoms in total. The van der Waals surface area contributed by atoms with Crippen LogP contribution in [0, 0.1) is 12.8 Å². The number of aryl methyl sites for hydroxylation is 1. The van der Waals surface area contributed by atoms with E-state index in [4.69, 9.17) is 14.2 Å². The van der Waals surface area contributed by atoms with Crippen LogP contribution >= 0.6 is 0 Å². The van der Waals surface area contributed by atoms with Crippen molar-refractivity contribution in [2.45, 2.75) is 31.8 Å². The van der Waals surface area contributed by atoms with Crippen molar-refractivity contribution < 1.29 is 19.0 Å². The van der Waals surface area contributed by atoms with Crippen molar-refractivity contribution in [3.8, 4) is 5.75 Å². The fraction of sp³-hybridized carbons (Fsp3) is 0.632. The van der Waals surface area contributed by atoms with Gasteiger partial charge in [-0.25, -0.2) is 0 Å². The van der Waals surface area contributed by atoms with Crippen LogP contribution in [-0.2, 0) is 14.3 Å². The highest BCUT2D eigenvalue weighted by molar-refractivity contribution is 5.79. The molecule has 0 bridgehead atoms. The van der Waals surface area contributed by atoms with Crippen LogP contribution in [0.1, 0.15) is 24.8 Å². The van der Waals surface area contributed by atoms with E-state index in [2.05, 4.69) is 0 Å². The Morgan fingerprint density at radius 3 is 2.92 bits per heavy atom. The van der Waals surface area contributed by atoms with Gasteiger partial charge in [0.2, 0.25) is 0 Å². The molecule has 0 N–H and O–H groups in total. The minimum absolute atomic E-state index is 0.0338. The van der Waals surface area contributed by atoms with E-state index < -0.39 is 0 Å². The number of benzene rings is 1. The summed E-state index contributed by atoms with van der Waals surface area (Å²) in [4.78, 5) is 14.2. The van der Waals surface area contributed by atoms with Crippen molar-refractivity contribution >= 4 is 5.91 Å². The SMILES string of the molecule is COCCC1CCOC2(C1)CN(C(=O)COc1ccccc1C)C2. The van der Waals surface area contributed by atoms with Gasteiger partial charge in [0.15, 0.2) is 6.61 Å². The normalized spacial score (nSPS) is 22.2. The highest BCUT2D eigenvalue weighted by atomic mass is 16.5. The monoisotopic (exact) mass is 333 g/mol. The molecule has 132 valence electrons. The zero-order valence-electron chi connectivity index (χ0n) is 14.6. The summed E-state index contributed by atoms with van der Waals surface area (Å²) in [6.45, 7) is 5.03. The van der Waals surface area contributed by atoms with Gasteiger partial charge in [0.25, 0.3) is 5.91 Å². The van der Waals surface area contributed by atoms with E-state index in [-0.39, 0.29) is 18.1 Å². The van der Waals surface area contributed by atoms with E-state index in [0.717, 1.165) is 43.8 Å². The lowest BCUT2D eigenvalue weighted by atomic mass is 9.79. The molecule has 0 radical (unpaired) electrons. The summed E-state index contributed by atoms with van der Waals surface area (Å²) in [5.74, 6) is 1.44. The van der Waals surface area contributed by atoms with Gasteiger partial charge >= 0.3 is 0 Å². The molecule has 1 atom stereocenters. The van der Waals surface area contributed by atoms with Gasteiger partial charge in [-0.1, -0.05) is 18.2 Å². The molecule has 1 amide bonds. The molecular formula is C19H27NO4. The molecular weight excluding hydrogens is 306 g/mol. The molecule has 1 unspecified atom stereocenters. The lowest BCUT2D eigenvalue weighted by Gasteiger charge is -2.53. The maximum atomic E-state index is 12.3. The Bertz CT molecular complexity index is 568. The summed E-state index contributed by atoms with van der Waals surface area (Å²) in [6.07, 6.45) is 3.19. The van der Waals surface area contributed by atoms with Gasteiger partial charge < -0.3 is 19.1 Å². The van der Waals surface area contributed by atoms with Gasteiger partial charge in [0.1, 0.15) is 11.4 Å².